The molecule has 0 fully saturated rings. The quantitative estimate of drug-likeness (QED) is 0.450. The van der Waals surface area contributed by atoms with Crippen LogP contribution in [0.1, 0.15) is 0 Å². The van der Waals surface area contributed by atoms with Crippen LogP contribution in [-0.2, 0) is 15.1 Å². The van der Waals surface area contributed by atoms with Crippen molar-refractivity contribution in [3.63, 3.8) is 0 Å². The predicted octanol–water partition coefficient (Wildman–Crippen LogP) is 2.51. The molecule has 4 nitrogen and oxygen atoms in total. The molecule has 1 aromatic heterocycles. The van der Waals surface area contributed by atoms with E-state index in [1.165, 1.54) is 0 Å². The first-order chi connectivity index (χ1) is 6.11. The molecule has 68 valence electrons. The van der Waals surface area contributed by atoms with Crippen LogP contribution < -0.4 is 0 Å². The molecule has 1 aromatic rings. The second-order valence-corrected chi connectivity index (χ2v) is 6.32. The molecule has 1 rings (SSSR count). The third-order valence-corrected chi connectivity index (χ3v) is 0.899. The van der Waals surface area contributed by atoms with E-state index in [4.69, 9.17) is 19.4 Å². The van der Waals surface area contributed by atoms with E-state index in [-0.39, 0.29) is 5.82 Å². The van der Waals surface area contributed by atoms with Crippen LogP contribution in [0.25, 0.3) is 0 Å². The normalized spacial score (nSPS) is 7.92. The Kier molecular flexibility index (Phi) is 6.95. The Morgan fingerprint density at radius 3 is 2.38 bits per heavy atom. The number of hydrogen-bond acceptors (Lipinski definition) is 3. The van der Waals surface area contributed by atoms with E-state index < -0.39 is 25.9 Å². The van der Waals surface area contributed by atoms with Gasteiger partial charge < -0.3 is 10.1 Å². The Labute approximate surface area is 88.9 Å². The summed E-state index contributed by atoms with van der Waals surface area (Å²) in [5.74, 6) is -0.924. The fourth-order valence-electron chi connectivity index (χ4n) is 0.476. The Balaban J connectivity index is 0.000000424. The van der Waals surface area contributed by atoms with Crippen molar-refractivity contribution < 1.29 is 24.5 Å². The van der Waals surface area contributed by atoms with Crippen molar-refractivity contribution in [1.82, 2.24) is 4.98 Å². The summed E-state index contributed by atoms with van der Waals surface area (Å²) in [6, 6.07) is 2.00. The number of halogens is 3. The Morgan fingerprint density at radius 2 is 2.08 bits per heavy atom. The van der Waals surface area contributed by atoms with Gasteiger partial charge in [0.25, 0.3) is 0 Å². The van der Waals surface area contributed by atoms with E-state index in [9.17, 15) is 14.5 Å². The number of hydrogen-bond donors (Lipinski definition) is 0. The Morgan fingerprint density at radius 1 is 1.54 bits per heavy atom. The predicted molar refractivity (Wildman–Crippen MR) is 42.6 cm³/mol. The molecule has 0 aliphatic heterocycles. The molecule has 0 atom stereocenters. The van der Waals surface area contributed by atoms with Gasteiger partial charge in [-0.05, 0) is 16.0 Å². The molecule has 0 spiro atoms. The van der Waals surface area contributed by atoms with Gasteiger partial charge in [-0.15, -0.1) is 0 Å². The van der Waals surface area contributed by atoms with Crippen molar-refractivity contribution in [3.8, 4) is 0 Å². The summed E-state index contributed by atoms with van der Waals surface area (Å²) >= 11 is -0.931. The molecule has 0 saturated carbocycles. The van der Waals surface area contributed by atoms with E-state index in [1.54, 1.807) is 0 Å². The summed E-state index contributed by atoms with van der Waals surface area (Å²) in [6.07, 6.45) is 0.804. The average molecular weight is 278 g/mol. The summed E-state index contributed by atoms with van der Waals surface area (Å²) in [4.78, 5) is 12.5. The number of nitrogens with zero attached hydrogens (tertiary/aromatic N) is 2. The zero-order valence-corrected chi connectivity index (χ0v) is 10.8. The van der Waals surface area contributed by atoms with Gasteiger partial charge in [0.1, 0.15) is 0 Å². The molecular weight excluding hydrogens is 275 g/mol. The maximum absolute atomic E-state index is 12.1. The molecule has 13 heavy (non-hydrogen) atoms. The van der Waals surface area contributed by atoms with Gasteiger partial charge in [0.2, 0.25) is 0 Å². The van der Waals surface area contributed by atoms with E-state index in [1.807, 2.05) is 0 Å². The zero-order valence-electron chi connectivity index (χ0n) is 6.28. The van der Waals surface area contributed by atoms with Crippen molar-refractivity contribution >= 4 is 25.2 Å². The van der Waals surface area contributed by atoms with Crippen molar-refractivity contribution in [2.24, 2.45) is 0 Å². The second kappa shape index (κ2) is 7.12. The molecule has 0 aliphatic rings. The van der Waals surface area contributed by atoms with Crippen LogP contribution in [0.3, 0.4) is 0 Å². The Bertz CT molecular complexity index is 272. The van der Waals surface area contributed by atoms with E-state index in [2.05, 4.69) is 4.98 Å². The van der Waals surface area contributed by atoms with E-state index >= 15 is 0 Å². The molecule has 0 unspecified atom stereocenters. The minimum absolute atomic E-state index is 0.346. The van der Waals surface area contributed by atoms with E-state index in [0.717, 1.165) is 18.3 Å². The van der Waals surface area contributed by atoms with Crippen LogP contribution >= 0.6 is 19.4 Å². The van der Waals surface area contributed by atoms with Crippen molar-refractivity contribution in [1.29, 1.82) is 0 Å². The van der Waals surface area contributed by atoms with Crippen LogP contribution in [0.15, 0.2) is 18.3 Å². The molecular formula is C5H3Cl2FN2O2Zn. The van der Waals surface area contributed by atoms with Gasteiger partial charge in [-0.25, -0.2) is 4.39 Å². The molecule has 0 amide bonds. The Hall–Kier alpha value is -0.317. The van der Waals surface area contributed by atoms with Crippen LogP contribution in [0, 0.1) is 15.9 Å². The topological polar surface area (TPSA) is 56.0 Å². The van der Waals surface area contributed by atoms with Gasteiger partial charge in [-0.3, -0.25) is 0 Å². The number of pyridine rings is 1. The van der Waals surface area contributed by atoms with Crippen LogP contribution in [0.2, 0.25) is 0 Å². The third kappa shape index (κ3) is 5.85. The van der Waals surface area contributed by atoms with Gasteiger partial charge in [0.05, 0.1) is 0 Å². The monoisotopic (exact) mass is 276 g/mol. The van der Waals surface area contributed by atoms with Crippen molar-refractivity contribution in [2.75, 3.05) is 0 Å². The number of aromatic nitrogens is 1. The molecule has 1 heterocycles. The van der Waals surface area contributed by atoms with E-state index in [0.29, 0.717) is 0 Å². The number of nitro groups is 1. The zero-order chi connectivity index (χ0) is 10.3. The number of rotatable bonds is 1. The van der Waals surface area contributed by atoms with Gasteiger partial charge in [-0.2, -0.15) is 0 Å². The molecule has 0 saturated heterocycles. The van der Waals surface area contributed by atoms with Gasteiger partial charge >= 0.3 is 40.3 Å². The SMILES string of the molecule is O=[N+]([O-])c1ccc(F)cn1.[Cl][Zn][Cl]. The fourth-order valence-corrected chi connectivity index (χ4v) is 0.476. The first-order valence-corrected chi connectivity index (χ1v) is 10.8. The summed E-state index contributed by atoms with van der Waals surface area (Å²) in [6.45, 7) is 0. The molecule has 0 N–H and O–H groups in total. The van der Waals surface area contributed by atoms with Gasteiger partial charge in [0, 0.05) is 6.07 Å². The summed E-state index contributed by atoms with van der Waals surface area (Å²) < 4.78 is 12.1. The minimum atomic E-state index is -0.931. The van der Waals surface area contributed by atoms with Gasteiger partial charge in [-0.1, -0.05) is 0 Å². The first-order valence-electron chi connectivity index (χ1n) is 2.99. The van der Waals surface area contributed by atoms with Gasteiger partial charge in [0.15, 0.2) is 12.0 Å². The molecule has 8 heteroatoms. The summed E-state index contributed by atoms with van der Waals surface area (Å²) in [5.41, 5.74) is 0. The van der Waals surface area contributed by atoms with Crippen LogP contribution in [0.4, 0.5) is 10.2 Å². The summed E-state index contributed by atoms with van der Waals surface area (Å²) in [7, 11) is 9.90. The average Bonchev–Trinajstić information content (AvgIpc) is 2.06. The molecule has 0 radical (unpaired) electrons. The van der Waals surface area contributed by atoms with Crippen LogP contribution in [0.5, 0.6) is 0 Å². The third-order valence-electron chi connectivity index (χ3n) is 0.899. The van der Waals surface area contributed by atoms with Crippen LogP contribution in [-0.4, -0.2) is 9.91 Å². The molecule has 0 aromatic carbocycles. The van der Waals surface area contributed by atoms with Crippen molar-refractivity contribution in [3.05, 3.63) is 34.3 Å². The standard InChI is InChI=1S/C5H3FN2O2.2ClH.Zn/c6-4-1-2-5(7-3-4)8(9)10;;;/h1-3H;2*1H;/q;;;+2/p-2. The molecule has 0 aliphatic carbocycles. The molecule has 0 bridgehead atoms. The van der Waals surface area contributed by atoms with Crippen molar-refractivity contribution in [2.45, 2.75) is 0 Å². The fraction of sp³-hybridized carbons (Fsp3) is 0. The first kappa shape index (κ1) is 12.7. The summed E-state index contributed by atoms with van der Waals surface area (Å²) in [5, 5.41) is 9.93. The maximum atomic E-state index is 12.1. The second-order valence-electron chi connectivity index (χ2n) is 1.69.